The molecule has 1 saturated heterocycles. The molecule has 1 aliphatic heterocycles. The first kappa shape index (κ1) is 12.5. The Labute approximate surface area is 111 Å². The second kappa shape index (κ2) is 4.52. The smallest absolute Gasteiger partial charge is 0.325 e. The fraction of sp³-hybridized carbons (Fsp3) is 0.692. The van der Waals surface area contributed by atoms with Crippen LogP contribution in [-0.4, -0.2) is 28.6 Å². The number of amides is 2. The number of urea groups is 1. The Morgan fingerprint density at radius 1 is 1.47 bits per heavy atom. The maximum absolute atomic E-state index is 11.7. The molecule has 1 saturated carbocycles. The molecule has 104 valence electrons. The van der Waals surface area contributed by atoms with E-state index in [1.54, 1.807) is 13.0 Å². The number of aromatic nitrogens is 1. The summed E-state index contributed by atoms with van der Waals surface area (Å²) in [4.78, 5) is 13.0. The molecule has 2 heterocycles. The van der Waals surface area contributed by atoms with Crippen LogP contribution in [0, 0.1) is 0 Å². The zero-order valence-electron chi connectivity index (χ0n) is 11.1. The van der Waals surface area contributed by atoms with Gasteiger partial charge in [-0.15, -0.1) is 0 Å². The molecule has 1 aromatic heterocycles. The molecule has 6 heteroatoms. The van der Waals surface area contributed by atoms with Crippen LogP contribution in [-0.2, 0) is 0 Å². The zero-order valence-corrected chi connectivity index (χ0v) is 11.1. The topological polar surface area (TPSA) is 78.6 Å². The first-order valence-corrected chi connectivity index (χ1v) is 6.85. The van der Waals surface area contributed by atoms with Gasteiger partial charge in [-0.25, -0.2) is 9.69 Å². The molecule has 1 aliphatic carbocycles. The van der Waals surface area contributed by atoms with Gasteiger partial charge in [0, 0.05) is 12.0 Å². The Bertz CT molecular complexity index is 477. The highest BCUT2D eigenvalue weighted by molar-refractivity contribution is 5.94. The van der Waals surface area contributed by atoms with Crippen LogP contribution in [0.5, 0.6) is 0 Å². The van der Waals surface area contributed by atoms with Gasteiger partial charge in [-0.1, -0.05) is 24.4 Å². The number of carbonyl (C=O) groups is 1. The van der Waals surface area contributed by atoms with Gasteiger partial charge in [0.25, 0.3) is 0 Å². The Morgan fingerprint density at radius 2 is 2.21 bits per heavy atom. The van der Waals surface area contributed by atoms with Crippen LogP contribution in [0.2, 0.25) is 0 Å². The molecule has 19 heavy (non-hydrogen) atoms. The molecule has 0 aromatic carbocycles. The van der Waals surface area contributed by atoms with Gasteiger partial charge in [0.05, 0.1) is 6.54 Å². The lowest BCUT2D eigenvalue weighted by Crippen LogP contribution is -2.44. The van der Waals surface area contributed by atoms with Crippen LogP contribution in [0.3, 0.4) is 0 Å². The average molecular weight is 265 g/mol. The first-order valence-electron chi connectivity index (χ1n) is 6.85. The number of nitrogens with zero attached hydrogens (tertiary/aromatic N) is 2. The maximum atomic E-state index is 11.7. The summed E-state index contributed by atoms with van der Waals surface area (Å²) in [6, 6.07) is 1.45. The van der Waals surface area contributed by atoms with Crippen molar-refractivity contribution in [2.75, 3.05) is 11.4 Å². The molecule has 2 amide bonds. The fourth-order valence-electron chi connectivity index (χ4n) is 2.94. The van der Waals surface area contributed by atoms with Crippen LogP contribution in [0.15, 0.2) is 10.6 Å². The predicted molar refractivity (Wildman–Crippen MR) is 68.8 cm³/mol. The van der Waals surface area contributed by atoms with Gasteiger partial charge in [-0.3, -0.25) is 0 Å². The van der Waals surface area contributed by atoms with Crippen molar-refractivity contribution in [3.63, 3.8) is 0 Å². The lowest BCUT2D eigenvalue weighted by molar-refractivity contribution is 0.0847. The predicted octanol–water partition coefficient (Wildman–Crippen LogP) is 1.96. The van der Waals surface area contributed by atoms with Crippen LogP contribution in [0.4, 0.5) is 10.6 Å². The summed E-state index contributed by atoms with van der Waals surface area (Å²) < 4.78 is 5.38. The van der Waals surface area contributed by atoms with Crippen molar-refractivity contribution in [1.29, 1.82) is 0 Å². The maximum Gasteiger partial charge on any atom is 0.325 e. The van der Waals surface area contributed by atoms with E-state index in [1.807, 2.05) is 0 Å². The highest BCUT2D eigenvalue weighted by Gasteiger charge is 2.42. The number of aliphatic hydroxyl groups is 1. The highest BCUT2D eigenvalue weighted by atomic mass is 16.5. The minimum absolute atomic E-state index is 0.192. The minimum Gasteiger partial charge on any atom is -0.369 e. The molecule has 1 aromatic rings. The molecule has 1 unspecified atom stereocenters. The summed E-state index contributed by atoms with van der Waals surface area (Å²) in [6.07, 6.45) is 5.92. The van der Waals surface area contributed by atoms with E-state index >= 15 is 0 Å². The van der Waals surface area contributed by atoms with Crippen molar-refractivity contribution in [2.24, 2.45) is 0 Å². The number of hydrogen-bond donors (Lipinski definition) is 2. The molecule has 6 nitrogen and oxygen atoms in total. The van der Waals surface area contributed by atoms with E-state index in [4.69, 9.17) is 4.52 Å². The van der Waals surface area contributed by atoms with Gasteiger partial charge in [0.2, 0.25) is 0 Å². The Hall–Kier alpha value is -1.56. The fourth-order valence-corrected chi connectivity index (χ4v) is 2.94. The Kier molecular flexibility index (Phi) is 2.97. The van der Waals surface area contributed by atoms with E-state index < -0.39 is 5.72 Å². The number of rotatable bonds is 2. The van der Waals surface area contributed by atoms with Gasteiger partial charge < -0.3 is 14.9 Å². The lowest BCUT2D eigenvalue weighted by Gasteiger charge is -2.25. The van der Waals surface area contributed by atoms with Crippen LogP contribution < -0.4 is 10.2 Å². The van der Waals surface area contributed by atoms with Crippen molar-refractivity contribution in [2.45, 2.75) is 50.7 Å². The highest BCUT2D eigenvalue weighted by Crippen LogP contribution is 2.35. The summed E-state index contributed by atoms with van der Waals surface area (Å²) in [7, 11) is 0. The third-order valence-electron chi connectivity index (χ3n) is 4.01. The summed E-state index contributed by atoms with van der Waals surface area (Å²) in [5.74, 6) is 1.61. The lowest BCUT2D eigenvalue weighted by atomic mass is 9.87. The van der Waals surface area contributed by atoms with Crippen molar-refractivity contribution >= 4 is 11.8 Å². The van der Waals surface area contributed by atoms with Crippen LogP contribution >= 0.6 is 0 Å². The summed E-state index contributed by atoms with van der Waals surface area (Å²) >= 11 is 0. The largest absolute Gasteiger partial charge is 0.369 e. The quantitative estimate of drug-likeness (QED) is 0.856. The summed E-state index contributed by atoms with van der Waals surface area (Å²) in [5, 5.41) is 16.7. The van der Waals surface area contributed by atoms with Gasteiger partial charge >= 0.3 is 6.03 Å². The molecule has 0 bridgehead atoms. The summed E-state index contributed by atoms with van der Waals surface area (Å²) in [5.41, 5.74) is -1.25. The van der Waals surface area contributed by atoms with E-state index in [2.05, 4.69) is 10.5 Å². The molecule has 1 atom stereocenters. The second-order valence-corrected chi connectivity index (χ2v) is 5.63. The molecule has 0 radical (unpaired) electrons. The zero-order chi connectivity index (χ0) is 13.5. The number of anilines is 1. The number of β-amino-alcohol motifs (C(OH)–C–C–N with tert-alkyl or cyclic N) is 1. The monoisotopic (exact) mass is 265 g/mol. The van der Waals surface area contributed by atoms with Crippen LogP contribution in [0.25, 0.3) is 0 Å². The number of carbonyl (C=O) groups excluding carboxylic acids is 1. The average Bonchev–Trinajstić information content (AvgIpc) is 2.96. The van der Waals surface area contributed by atoms with Crippen molar-refractivity contribution in [3.8, 4) is 0 Å². The molecule has 3 rings (SSSR count). The Balaban J connectivity index is 1.82. The molecule has 2 aliphatic rings. The molecular weight excluding hydrogens is 246 g/mol. The van der Waals surface area contributed by atoms with Crippen molar-refractivity contribution in [1.82, 2.24) is 10.5 Å². The van der Waals surface area contributed by atoms with E-state index in [9.17, 15) is 9.90 Å². The van der Waals surface area contributed by atoms with Gasteiger partial charge in [0.1, 0.15) is 5.76 Å². The number of nitrogens with one attached hydrogen (secondary N) is 1. The standard InChI is InChI=1S/C13H19N3O3/c1-13(18)8-14-12(17)16(13)11-7-10(19-15-11)9-5-3-2-4-6-9/h7,9,18H,2-6,8H2,1H3,(H,14,17). The third kappa shape index (κ3) is 2.20. The molecule has 0 spiro atoms. The Morgan fingerprint density at radius 3 is 2.84 bits per heavy atom. The number of hydrogen-bond acceptors (Lipinski definition) is 4. The van der Waals surface area contributed by atoms with E-state index in [0.29, 0.717) is 11.7 Å². The van der Waals surface area contributed by atoms with Crippen molar-refractivity contribution < 1.29 is 14.4 Å². The summed E-state index contributed by atoms with van der Waals surface area (Å²) in [6.45, 7) is 1.78. The molecular formula is C13H19N3O3. The normalized spacial score (nSPS) is 28.7. The van der Waals surface area contributed by atoms with Crippen LogP contribution in [0.1, 0.15) is 50.7 Å². The van der Waals surface area contributed by atoms with Gasteiger partial charge in [-0.2, -0.15) is 0 Å². The second-order valence-electron chi connectivity index (χ2n) is 5.63. The van der Waals surface area contributed by atoms with Gasteiger partial charge in [-0.05, 0) is 19.8 Å². The minimum atomic E-state index is -1.25. The van der Waals surface area contributed by atoms with Crippen molar-refractivity contribution in [3.05, 3.63) is 11.8 Å². The van der Waals surface area contributed by atoms with E-state index in [0.717, 1.165) is 18.6 Å². The molecule has 2 N–H and O–H groups in total. The van der Waals surface area contributed by atoms with Gasteiger partial charge in [0.15, 0.2) is 11.5 Å². The van der Waals surface area contributed by atoms with E-state index in [-0.39, 0.29) is 12.6 Å². The third-order valence-corrected chi connectivity index (χ3v) is 4.01. The first-order chi connectivity index (χ1) is 9.08. The SMILES string of the molecule is CC1(O)CNC(=O)N1c1cc(C2CCCCC2)on1. The molecule has 2 fully saturated rings. The van der Waals surface area contributed by atoms with E-state index in [1.165, 1.54) is 24.2 Å².